The Morgan fingerprint density at radius 3 is 2.62 bits per heavy atom. The van der Waals surface area contributed by atoms with E-state index in [1.54, 1.807) is 31.3 Å². The molecule has 32 heavy (non-hydrogen) atoms. The molecule has 9 nitrogen and oxygen atoms in total. The topological polar surface area (TPSA) is 123 Å². The Balaban J connectivity index is 1.53. The SMILES string of the molecule is Cc1ccc(S(=O)(=O)NC2CCC(n3c(=O)n(CC(=O)O)c4cccnc43)CC2)c(F)c1. The lowest BCUT2D eigenvalue weighted by Gasteiger charge is -2.29. The Kier molecular flexibility index (Phi) is 5.87. The molecule has 0 saturated heterocycles. The van der Waals surface area contributed by atoms with Crippen LogP contribution in [0.1, 0.15) is 37.3 Å². The number of aryl methyl sites for hydroxylation is 1. The van der Waals surface area contributed by atoms with Crippen molar-refractivity contribution in [2.24, 2.45) is 0 Å². The van der Waals surface area contributed by atoms with Gasteiger partial charge in [0.1, 0.15) is 17.3 Å². The summed E-state index contributed by atoms with van der Waals surface area (Å²) in [6.45, 7) is 1.21. The van der Waals surface area contributed by atoms with Gasteiger partial charge in [-0.2, -0.15) is 0 Å². The lowest BCUT2D eigenvalue weighted by atomic mass is 9.91. The molecule has 1 saturated carbocycles. The molecule has 11 heteroatoms. The third kappa shape index (κ3) is 4.17. The molecule has 3 aromatic rings. The number of benzene rings is 1. The van der Waals surface area contributed by atoms with E-state index in [1.165, 1.54) is 21.3 Å². The maximum Gasteiger partial charge on any atom is 0.331 e. The van der Waals surface area contributed by atoms with Crippen LogP contribution in [0.4, 0.5) is 4.39 Å². The van der Waals surface area contributed by atoms with Gasteiger partial charge in [0, 0.05) is 18.3 Å². The molecule has 0 spiro atoms. The Hall–Kier alpha value is -3.05. The quantitative estimate of drug-likeness (QED) is 0.579. The van der Waals surface area contributed by atoms with Crippen molar-refractivity contribution >= 4 is 27.2 Å². The van der Waals surface area contributed by atoms with Gasteiger partial charge < -0.3 is 5.11 Å². The first-order chi connectivity index (χ1) is 15.2. The van der Waals surface area contributed by atoms with E-state index in [-0.39, 0.29) is 10.9 Å². The van der Waals surface area contributed by atoms with Crippen LogP contribution in [0.2, 0.25) is 0 Å². The highest BCUT2D eigenvalue weighted by Gasteiger charge is 2.30. The molecule has 4 rings (SSSR count). The molecular formula is C21H23FN4O5S. The summed E-state index contributed by atoms with van der Waals surface area (Å²) in [4.78, 5) is 28.0. The Morgan fingerprint density at radius 2 is 1.97 bits per heavy atom. The molecule has 2 N–H and O–H groups in total. The average Bonchev–Trinajstić information content (AvgIpc) is 2.99. The van der Waals surface area contributed by atoms with Crippen molar-refractivity contribution in [3.63, 3.8) is 0 Å². The van der Waals surface area contributed by atoms with Crippen LogP contribution in [0.15, 0.2) is 46.2 Å². The molecule has 0 amide bonds. The first-order valence-electron chi connectivity index (χ1n) is 10.2. The number of aliphatic carboxylic acids is 1. The molecule has 2 heterocycles. The summed E-state index contributed by atoms with van der Waals surface area (Å²) in [6.07, 6.45) is 3.42. The second-order valence-electron chi connectivity index (χ2n) is 8.04. The van der Waals surface area contributed by atoms with E-state index in [0.29, 0.717) is 42.4 Å². The van der Waals surface area contributed by atoms with Gasteiger partial charge >= 0.3 is 11.7 Å². The molecule has 0 radical (unpaired) electrons. The van der Waals surface area contributed by atoms with Crippen molar-refractivity contribution in [1.82, 2.24) is 18.8 Å². The van der Waals surface area contributed by atoms with Crippen molar-refractivity contribution in [2.75, 3.05) is 0 Å². The first-order valence-corrected chi connectivity index (χ1v) is 11.7. The predicted octanol–water partition coefficient (Wildman–Crippen LogP) is 2.19. The molecule has 170 valence electrons. The van der Waals surface area contributed by atoms with Crippen molar-refractivity contribution in [2.45, 2.75) is 56.1 Å². The molecular weight excluding hydrogens is 439 g/mol. The number of nitrogens with one attached hydrogen (secondary N) is 1. The van der Waals surface area contributed by atoms with E-state index < -0.39 is 40.1 Å². The second kappa shape index (κ2) is 8.47. The van der Waals surface area contributed by atoms with Crippen LogP contribution in [0.5, 0.6) is 0 Å². The summed E-state index contributed by atoms with van der Waals surface area (Å²) in [6, 6.07) is 6.62. The Labute approximate surface area is 183 Å². The van der Waals surface area contributed by atoms with Crippen molar-refractivity contribution < 1.29 is 22.7 Å². The third-order valence-electron chi connectivity index (χ3n) is 5.78. The summed E-state index contributed by atoms with van der Waals surface area (Å²) >= 11 is 0. The first kappa shape index (κ1) is 22.2. The van der Waals surface area contributed by atoms with E-state index in [2.05, 4.69) is 9.71 Å². The van der Waals surface area contributed by atoms with Gasteiger partial charge in [-0.15, -0.1) is 0 Å². The summed E-state index contributed by atoms with van der Waals surface area (Å²) < 4.78 is 44.7. The standard InChI is InChI=1S/C21H23FN4O5S/c1-13-4-9-18(16(22)11-13)32(30,31)24-14-5-7-15(8-6-14)26-20-17(3-2-10-23-20)25(21(26)29)12-19(27)28/h2-4,9-11,14-15,24H,5-8,12H2,1H3,(H,27,28). The van der Waals surface area contributed by atoms with Crippen LogP contribution >= 0.6 is 0 Å². The third-order valence-corrected chi connectivity index (χ3v) is 7.33. The number of fused-ring (bicyclic) bond motifs is 1. The van der Waals surface area contributed by atoms with Gasteiger partial charge in [0.2, 0.25) is 10.0 Å². The van der Waals surface area contributed by atoms with Gasteiger partial charge in [-0.1, -0.05) is 6.07 Å². The Morgan fingerprint density at radius 1 is 1.25 bits per heavy atom. The zero-order chi connectivity index (χ0) is 23.0. The van der Waals surface area contributed by atoms with Gasteiger partial charge in [0.05, 0.1) is 5.52 Å². The fourth-order valence-corrected chi connectivity index (χ4v) is 5.65. The smallest absolute Gasteiger partial charge is 0.331 e. The monoisotopic (exact) mass is 462 g/mol. The fraction of sp³-hybridized carbons (Fsp3) is 0.381. The minimum Gasteiger partial charge on any atom is -0.480 e. The number of nitrogens with zero attached hydrogens (tertiary/aromatic N) is 3. The van der Waals surface area contributed by atoms with Gasteiger partial charge in [0.15, 0.2) is 5.65 Å². The summed E-state index contributed by atoms with van der Waals surface area (Å²) in [7, 11) is -4.02. The van der Waals surface area contributed by atoms with E-state index in [1.807, 2.05) is 0 Å². The largest absolute Gasteiger partial charge is 0.480 e. The molecule has 0 unspecified atom stereocenters. The van der Waals surface area contributed by atoms with Crippen LogP contribution in [0.3, 0.4) is 0 Å². The van der Waals surface area contributed by atoms with E-state index in [4.69, 9.17) is 5.11 Å². The predicted molar refractivity (Wildman–Crippen MR) is 114 cm³/mol. The van der Waals surface area contributed by atoms with Crippen molar-refractivity contribution in [3.05, 3.63) is 58.4 Å². The normalized spacial score (nSPS) is 19.3. The summed E-state index contributed by atoms with van der Waals surface area (Å²) in [5.41, 5.74) is 1.03. The number of imidazole rings is 1. The number of rotatable bonds is 6. The summed E-state index contributed by atoms with van der Waals surface area (Å²) in [5.74, 6) is -1.92. The van der Waals surface area contributed by atoms with Gasteiger partial charge in [-0.3, -0.25) is 13.9 Å². The maximum absolute atomic E-state index is 14.2. The van der Waals surface area contributed by atoms with E-state index in [0.717, 1.165) is 0 Å². The van der Waals surface area contributed by atoms with Crippen LogP contribution in [-0.4, -0.2) is 39.7 Å². The van der Waals surface area contributed by atoms with Crippen LogP contribution in [0, 0.1) is 12.7 Å². The lowest BCUT2D eigenvalue weighted by Crippen LogP contribution is -2.39. The van der Waals surface area contributed by atoms with Crippen molar-refractivity contribution in [1.29, 1.82) is 0 Å². The Bertz CT molecular complexity index is 1340. The zero-order valence-corrected chi connectivity index (χ0v) is 18.2. The number of pyridine rings is 1. The highest BCUT2D eigenvalue weighted by Crippen LogP contribution is 2.31. The number of halogens is 1. The number of carboxylic acids is 1. The molecule has 1 aromatic carbocycles. The number of sulfonamides is 1. The molecule has 0 bridgehead atoms. The van der Waals surface area contributed by atoms with Gasteiger partial charge in [0.25, 0.3) is 0 Å². The number of hydrogen-bond acceptors (Lipinski definition) is 5. The minimum atomic E-state index is -4.02. The minimum absolute atomic E-state index is 0.244. The summed E-state index contributed by atoms with van der Waals surface area (Å²) in [5, 5.41) is 9.16. The molecule has 1 aliphatic carbocycles. The molecule has 1 fully saturated rings. The lowest BCUT2D eigenvalue weighted by molar-refractivity contribution is -0.137. The second-order valence-corrected chi connectivity index (χ2v) is 9.72. The average molecular weight is 463 g/mol. The highest BCUT2D eigenvalue weighted by atomic mass is 32.2. The number of hydrogen-bond donors (Lipinski definition) is 2. The number of carboxylic acid groups (broad SMARTS) is 1. The fourth-order valence-electron chi connectivity index (χ4n) is 4.28. The van der Waals surface area contributed by atoms with Gasteiger partial charge in [-0.25, -0.2) is 27.3 Å². The van der Waals surface area contributed by atoms with Crippen molar-refractivity contribution in [3.8, 4) is 0 Å². The molecule has 1 aliphatic rings. The number of carbonyl (C=O) groups is 1. The zero-order valence-electron chi connectivity index (χ0n) is 17.4. The van der Waals surface area contributed by atoms with Crippen LogP contribution < -0.4 is 10.4 Å². The molecule has 0 atom stereocenters. The number of aromatic nitrogens is 3. The molecule has 0 aliphatic heterocycles. The van der Waals surface area contributed by atoms with E-state index in [9.17, 15) is 22.4 Å². The van der Waals surface area contributed by atoms with Crippen LogP contribution in [0.25, 0.3) is 11.2 Å². The molecule has 2 aromatic heterocycles. The highest BCUT2D eigenvalue weighted by molar-refractivity contribution is 7.89. The van der Waals surface area contributed by atoms with Gasteiger partial charge in [-0.05, 0) is 62.4 Å². The maximum atomic E-state index is 14.2. The van der Waals surface area contributed by atoms with Crippen LogP contribution in [-0.2, 0) is 21.4 Å². The van der Waals surface area contributed by atoms with E-state index >= 15 is 0 Å².